The molecule has 152 valence electrons. The van der Waals surface area contributed by atoms with Crippen molar-refractivity contribution in [2.75, 3.05) is 37.6 Å². The zero-order chi connectivity index (χ0) is 19.9. The molecule has 6 heteroatoms. The van der Waals surface area contributed by atoms with Gasteiger partial charge >= 0.3 is 0 Å². The van der Waals surface area contributed by atoms with Gasteiger partial charge in [0.1, 0.15) is 0 Å². The largest absolute Gasteiger partial charge is 0.371 e. The van der Waals surface area contributed by atoms with Gasteiger partial charge in [0.2, 0.25) is 11.8 Å². The van der Waals surface area contributed by atoms with Crippen molar-refractivity contribution in [2.24, 2.45) is 11.7 Å². The summed E-state index contributed by atoms with van der Waals surface area (Å²) in [4.78, 5) is 27.0. The van der Waals surface area contributed by atoms with Gasteiger partial charge in [0.05, 0.1) is 0 Å². The van der Waals surface area contributed by atoms with Crippen molar-refractivity contribution in [3.8, 4) is 0 Å². The highest BCUT2D eigenvalue weighted by Crippen LogP contribution is 2.25. The maximum Gasteiger partial charge on any atom is 0.241 e. The number of anilines is 1. The molecule has 2 aliphatic rings. The average molecular weight is 385 g/mol. The Morgan fingerprint density at radius 2 is 1.93 bits per heavy atom. The van der Waals surface area contributed by atoms with Gasteiger partial charge < -0.3 is 20.9 Å². The van der Waals surface area contributed by atoms with Crippen molar-refractivity contribution in [1.29, 1.82) is 0 Å². The molecule has 0 aromatic heterocycles. The quantitative estimate of drug-likeness (QED) is 0.736. The monoisotopic (exact) mass is 384 g/mol. The highest BCUT2D eigenvalue weighted by atomic mass is 16.2. The van der Waals surface area contributed by atoms with Gasteiger partial charge in [-0.2, -0.15) is 0 Å². The first-order valence-corrected chi connectivity index (χ1v) is 10.3. The molecule has 1 aromatic rings. The van der Waals surface area contributed by atoms with E-state index in [0.717, 1.165) is 63.2 Å². The van der Waals surface area contributed by atoms with Crippen LogP contribution in [0.5, 0.6) is 0 Å². The van der Waals surface area contributed by atoms with Crippen LogP contribution in [0.25, 0.3) is 6.08 Å². The molecule has 3 rings (SSSR count). The van der Waals surface area contributed by atoms with Gasteiger partial charge in [-0.15, -0.1) is 0 Å². The lowest BCUT2D eigenvalue weighted by molar-refractivity contribution is -0.130. The van der Waals surface area contributed by atoms with E-state index in [2.05, 4.69) is 16.3 Å². The van der Waals surface area contributed by atoms with Crippen LogP contribution in [0.15, 0.2) is 30.3 Å². The lowest BCUT2D eigenvalue weighted by atomic mass is 9.96. The molecule has 0 radical (unpaired) electrons. The highest BCUT2D eigenvalue weighted by Gasteiger charge is 2.24. The minimum absolute atomic E-state index is 0.196. The molecule has 6 nitrogen and oxygen atoms in total. The van der Waals surface area contributed by atoms with Crippen molar-refractivity contribution in [3.05, 3.63) is 35.9 Å². The van der Waals surface area contributed by atoms with Crippen LogP contribution >= 0.6 is 0 Å². The van der Waals surface area contributed by atoms with Gasteiger partial charge in [-0.3, -0.25) is 9.59 Å². The minimum Gasteiger partial charge on any atom is -0.371 e. The summed E-state index contributed by atoms with van der Waals surface area (Å²) in [5, 5.41) is 3.74. The summed E-state index contributed by atoms with van der Waals surface area (Å²) in [6, 6.07) is 8.66. The molecular weight excluding hydrogens is 352 g/mol. The Kier molecular flexibility index (Phi) is 7.09. The van der Waals surface area contributed by atoms with Crippen LogP contribution in [0, 0.1) is 5.92 Å². The zero-order valence-electron chi connectivity index (χ0n) is 16.8. The second kappa shape index (κ2) is 9.73. The van der Waals surface area contributed by atoms with Gasteiger partial charge in [-0.1, -0.05) is 18.2 Å². The molecule has 2 saturated heterocycles. The molecule has 1 atom stereocenters. The lowest BCUT2D eigenvalue weighted by Gasteiger charge is -2.37. The number of nitrogens with one attached hydrogen (secondary N) is 1. The third kappa shape index (κ3) is 5.58. The molecule has 0 saturated carbocycles. The van der Waals surface area contributed by atoms with Crippen LogP contribution in [0.3, 0.4) is 0 Å². The molecule has 2 aliphatic heterocycles. The standard InChI is InChI=1S/C22H32N4O2/c1-17(27)26-12-4-5-18(16-26)15-24-20-10-13-25(14-11-20)21-7-3-2-6-19(21)8-9-22(23)28/h2-3,6-9,18,20,24H,4-5,10-16H2,1H3,(H2,23,28)/b9-8+. The van der Waals surface area contributed by atoms with Crippen LogP contribution in [-0.2, 0) is 9.59 Å². The number of carbonyl (C=O) groups is 2. The molecule has 1 unspecified atom stereocenters. The maximum absolute atomic E-state index is 11.6. The van der Waals surface area contributed by atoms with Gasteiger partial charge in [0.15, 0.2) is 0 Å². The molecule has 2 heterocycles. The molecule has 2 fully saturated rings. The fraction of sp³-hybridized carbons (Fsp3) is 0.545. The van der Waals surface area contributed by atoms with Crippen LogP contribution < -0.4 is 16.0 Å². The number of piperidine rings is 2. The number of hydrogen-bond donors (Lipinski definition) is 2. The van der Waals surface area contributed by atoms with Crippen molar-refractivity contribution in [1.82, 2.24) is 10.2 Å². The summed E-state index contributed by atoms with van der Waals surface area (Å²) in [7, 11) is 0. The van der Waals surface area contributed by atoms with E-state index >= 15 is 0 Å². The van der Waals surface area contributed by atoms with Crippen molar-refractivity contribution < 1.29 is 9.59 Å². The van der Waals surface area contributed by atoms with E-state index < -0.39 is 5.91 Å². The van der Waals surface area contributed by atoms with Crippen molar-refractivity contribution in [3.63, 3.8) is 0 Å². The van der Waals surface area contributed by atoms with E-state index in [4.69, 9.17) is 5.73 Å². The molecule has 1 aromatic carbocycles. The van der Waals surface area contributed by atoms with Crippen LogP contribution in [0.1, 0.15) is 38.2 Å². The predicted molar refractivity (Wildman–Crippen MR) is 113 cm³/mol. The number of likely N-dealkylation sites (tertiary alicyclic amines) is 1. The van der Waals surface area contributed by atoms with Crippen LogP contribution in [0.2, 0.25) is 0 Å². The fourth-order valence-corrected chi connectivity index (χ4v) is 4.26. The molecule has 28 heavy (non-hydrogen) atoms. The Hall–Kier alpha value is -2.34. The van der Waals surface area contributed by atoms with Crippen LogP contribution in [-0.4, -0.2) is 55.5 Å². The van der Waals surface area contributed by atoms with Crippen LogP contribution in [0.4, 0.5) is 5.69 Å². The number of nitrogens with zero attached hydrogens (tertiary/aromatic N) is 2. The van der Waals surface area contributed by atoms with E-state index in [-0.39, 0.29) is 5.91 Å². The Labute approximate surface area is 167 Å². The summed E-state index contributed by atoms with van der Waals surface area (Å²) in [5.41, 5.74) is 7.42. The predicted octanol–water partition coefficient (Wildman–Crippen LogP) is 2.00. The van der Waals surface area contributed by atoms with E-state index in [1.807, 2.05) is 23.1 Å². The Balaban J connectivity index is 1.49. The number of rotatable bonds is 6. The number of hydrogen-bond acceptors (Lipinski definition) is 4. The molecule has 0 aliphatic carbocycles. The fourth-order valence-electron chi connectivity index (χ4n) is 4.26. The van der Waals surface area contributed by atoms with Gasteiger partial charge in [0, 0.05) is 50.9 Å². The first-order chi connectivity index (χ1) is 13.5. The van der Waals surface area contributed by atoms with E-state index in [0.29, 0.717) is 12.0 Å². The highest BCUT2D eigenvalue weighted by molar-refractivity contribution is 5.91. The number of nitrogens with two attached hydrogens (primary N) is 1. The first kappa shape index (κ1) is 20.4. The van der Waals surface area contributed by atoms with Gasteiger partial charge in [-0.25, -0.2) is 0 Å². The minimum atomic E-state index is -0.427. The number of primary amides is 1. The number of carbonyl (C=O) groups excluding carboxylic acids is 2. The summed E-state index contributed by atoms with van der Waals surface area (Å²) >= 11 is 0. The third-order valence-corrected chi connectivity index (χ3v) is 5.86. The summed E-state index contributed by atoms with van der Waals surface area (Å²) in [6.45, 7) is 6.44. The molecule has 3 N–H and O–H groups in total. The number of benzene rings is 1. The first-order valence-electron chi connectivity index (χ1n) is 10.3. The zero-order valence-corrected chi connectivity index (χ0v) is 16.8. The number of para-hydroxylation sites is 1. The Morgan fingerprint density at radius 3 is 2.64 bits per heavy atom. The maximum atomic E-state index is 11.6. The second-order valence-electron chi connectivity index (χ2n) is 7.94. The SMILES string of the molecule is CC(=O)N1CCCC(CNC2CCN(c3ccccc3/C=C/C(N)=O)CC2)C1. The molecule has 0 bridgehead atoms. The van der Waals surface area contributed by atoms with Gasteiger partial charge in [-0.05, 0) is 55.9 Å². The number of amides is 2. The second-order valence-corrected chi connectivity index (χ2v) is 7.94. The van der Waals surface area contributed by atoms with E-state index in [9.17, 15) is 9.59 Å². The lowest BCUT2D eigenvalue weighted by Crippen LogP contribution is -2.47. The van der Waals surface area contributed by atoms with Gasteiger partial charge in [0.25, 0.3) is 0 Å². The Bertz CT molecular complexity index is 710. The van der Waals surface area contributed by atoms with Crippen molar-refractivity contribution >= 4 is 23.6 Å². The molecular formula is C22H32N4O2. The average Bonchev–Trinajstić information content (AvgIpc) is 2.71. The summed E-state index contributed by atoms with van der Waals surface area (Å²) in [6.07, 6.45) is 7.72. The van der Waals surface area contributed by atoms with E-state index in [1.54, 1.807) is 13.0 Å². The molecule has 0 spiro atoms. The summed E-state index contributed by atoms with van der Waals surface area (Å²) in [5.74, 6) is 0.334. The normalized spacial score (nSPS) is 21.2. The van der Waals surface area contributed by atoms with E-state index in [1.165, 1.54) is 12.5 Å². The molecule has 2 amide bonds. The van der Waals surface area contributed by atoms with Crippen molar-refractivity contribution in [2.45, 2.75) is 38.6 Å². The summed E-state index contributed by atoms with van der Waals surface area (Å²) < 4.78 is 0. The third-order valence-electron chi connectivity index (χ3n) is 5.86. The Morgan fingerprint density at radius 1 is 1.18 bits per heavy atom. The smallest absolute Gasteiger partial charge is 0.241 e. The topological polar surface area (TPSA) is 78.7 Å².